The molecule has 0 radical (unpaired) electrons. The maximum atomic E-state index is 14.0. The summed E-state index contributed by atoms with van der Waals surface area (Å²) in [6.45, 7) is 32.9. The molecule has 5 nitrogen and oxygen atoms in total. The number of aldehydes is 1. The molecule has 0 bridgehead atoms. The minimum Gasteiger partial charge on any atom is -0.306 e. The number of ketones is 1. The van der Waals surface area contributed by atoms with Crippen LogP contribution in [0.1, 0.15) is 152 Å². The van der Waals surface area contributed by atoms with Crippen LogP contribution in [-0.2, 0) is 21.4 Å². The second kappa shape index (κ2) is 23.0. The number of Topliss-reactive ketones (excluding diaryl/α,β-unsaturated/α-hetero) is 1. The molecule has 1 aliphatic carbocycles. The topological polar surface area (TPSA) is 94.7 Å². The Kier molecular flexibility index (Phi) is 22.3. The Balaban J connectivity index is 0. The first-order chi connectivity index (χ1) is 22.6. The van der Waals surface area contributed by atoms with Gasteiger partial charge in [-0.3, -0.25) is 9.59 Å². The third-order valence-corrected chi connectivity index (χ3v) is 7.24. The van der Waals surface area contributed by atoms with Crippen molar-refractivity contribution in [3.63, 3.8) is 0 Å². The molecule has 0 amide bonds. The van der Waals surface area contributed by atoms with E-state index >= 15 is 0 Å². The SMILES string of the molecule is CC.CC(=N)/C=C(/C=O)C(C)=N.CC(C)CC(C)(C)C.CCC(=O)C1=Cc2nc(-c3ccc(C)c(F)c3)cc(C(C)(C)C)c2C1.CCCC. The minimum atomic E-state index is -0.227. The lowest BCUT2D eigenvalue weighted by atomic mass is 9.82. The fourth-order valence-electron chi connectivity index (χ4n) is 4.97. The summed E-state index contributed by atoms with van der Waals surface area (Å²) in [5.74, 6) is 0.783. The monoisotopic (exact) mass is 678 g/mol. The predicted molar refractivity (Wildman–Crippen MR) is 212 cm³/mol. The smallest absolute Gasteiger partial charge is 0.159 e. The Morgan fingerprint density at radius 3 is 1.86 bits per heavy atom. The Hall–Kier alpha value is -3.54. The van der Waals surface area contributed by atoms with Gasteiger partial charge in [-0.1, -0.05) is 115 Å². The second-order valence-electron chi connectivity index (χ2n) is 14.9. The van der Waals surface area contributed by atoms with Gasteiger partial charge in [0.15, 0.2) is 12.1 Å². The van der Waals surface area contributed by atoms with Crippen LogP contribution >= 0.6 is 0 Å². The quantitative estimate of drug-likeness (QED) is 0.165. The molecule has 0 spiro atoms. The largest absolute Gasteiger partial charge is 0.306 e. The zero-order chi connectivity index (χ0) is 38.7. The van der Waals surface area contributed by atoms with Crippen LogP contribution in [0, 0.1) is 34.9 Å². The number of nitrogens with zero attached hydrogens (tertiary/aromatic N) is 1. The van der Waals surface area contributed by atoms with Gasteiger partial charge >= 0.3 is 0 Å². The van der Waals surface area contributed by atoms with E-state index in [4.69, 9.17) is 15.8 Å². The highest BCUT2D eigenvalue weighted by Gasteiger charge is 2.27. The number of pyridine rings is 1. The number of aromatic nitrogens is 1. The van der Waals surface area contributed by atoms with Gasteiger partial charge < -0.3 is 10.8 Å². The molecule has 1 aromatic heterocycles. The van der Waals surface area contributed by atoms with Crippen LogP contribution in [0.25, 0.3) is 17.3 Å². The lowest BCUT2D eigenvalue weighted by molar-refractivity contribution is -0.115. The fourth-order valence-corrected chi connectivity index (χ4v) is 4.97. The number of unbranched alkanes of at least 4 members (excludes halogenated alkanes) is 1. The fraction of sp³-hybridized carbons (Fsp3) is 0.558. The summed E-state index contributed by atoms with van der Waals surface area (Å²) in [5, 5.41) is 14.0. The van der Waals surface area contributed by atoms with E-state index in [9.17, 15) is 14.0 Å². The van der Waals surface area contributed by atoms with Gasteiger partial charge in [-0.15, -0.1) is 0 Å². The molecule has 0 atom stereocenters. The van der Waals surface area contributed by atoms with Crippen molar-refractivity contribution in [1.82, 2.24) is 4.98 Å². The number of rotatable bonds is 8. The molecule has 6 heteroatoms. The van der Waals surface area contributed by atoms with Crippen molar-refractivity contribution in [2.75, 3.05) is 0 Å². The van der Waals surface area contributed by atoms with Gasteiger partial charge in [0.1, 0.15) is 5.82 Å². The van der Waals surface area contributed by atoms with E-state index in [0.29, 0.717) is 30.1 Å². The standard InChI is InChI=1S/C22H24FNO.C8H18.C7H10N2O.C4H10.C2H6/c1-6-21(25)15-9-16-17(22(3,4)5)12-19(24-20(16)11-15)14-8-7-13(2)18(23)10-14;1-7(2)6-8(3,4)5;1-5(8)3-7(4-10)6(2)9;1-3-4-2;1-2/h7-8,10-12H,6,9H2,1-5H3;7H,6H2,1-5H3;3-4,8-9H,1-2H3;3-4H2,1-2H3;1-2H3/b;;7-3-,8-5?,9-6?;;. The van der Waals surface area contributed by atoms with E-state index in [1.807, 2.05) is 32.9 Å². The Morgan fingerprint density at radius 1 is 0.980 bits per heavy atom. The van der Waals surface area contributed by atoms with E-state index in [2.05, 4.69) is 75.3 Å². The van der Waals surface area contributed by atoms with Crippen molar-refractivity contribution >= 4 is 29.6 Å². The summed E-state index contributed by atoms with van der Waals surface area (Å²) in [5.41, 5.74) is 7.30. The van der Waals surface area contributed by atoms with Gasteiger partial charge in [0, 0.05) is 41.0 Å². The van der Waals surface area contributed by atoms with Crippen LogP contribution in [0.4, 0.5) is 4.39 Å². The third-order valence-electron chi connectivity index (χ3n) is 7.24. The first kappa shape index (κ1) is 47.6. The van der Waals surface area contributed by atoms with Gasteiger partial charge in [-0.25, -0.2) is 9.37 Å². The maximum Gasteiger partial charge on any atom is 0.159 e. The number of carbonyl (C=O) groups excluding carboxylic acids is 2. The third kappa shape index (κ3) is 18.7. The zero-order valence-corrected chi connectivity index (χ0v) is 33.8. The molecule has 3 rings (SSSR count). The lowest BCUT2D eigenvalue weighted by Crippen LogP contribution is -2.16. The molecule has 2 N–H and O–H groups in total. The van der Waals surface area contributed by atoms with Gasteiger partial charge in [0.2, 0.25) is 0 Å². The summed E-state index contributed by atoms with van der Waals surface area (Å²) in [4.78, 5) is 27.1. The summed E-state index contributed by atoms with van der Waals surface area (Å²) < 4.78 is 14.0. The molecule has 2 aromatic rings. The number of fused-ring (bicyclic) bond motifs is 1. The molecule has 49 heavy (non-hydrogen) atoms. The molecule has 0 unspecified atom stereocenters. The summed E-state index contributed by atoms with van der Waals surface area (Å²) in [6.07, 6.45) is 8.97. The Labute approximate surface area is 299 Å². The van der Waals surface area contributed by atoms with Crippen molar-refractivity contribution in [3.8, 4) is 11.3 Å². The number of aryl methyl sites for hydroxylation is 1. The number of nitrogens with one attached hydrogen (secondary N) is 2. The van der Waals surface area contributed by atoms with Crippen LogP contribution in [0.3, 0.4) is 0 Å². The molecule has 1 aliphatic rings. The first-order valence-electron chi connectivity index (χ1n) is 17.9. The molecule has 0 fully saturated rings. The van der Waals surface area contributed by atoms with Gasteiger partial charge in [0.05, 0.1) is 11.4 Å². The predicted octanol–water partition coefficient (Wildman–Crippen LogP) is 12.5. The zero-order valence-electron chi connectivity index (χ0n) is 33.8. The molecular formula is C43H68FN3O2. The number of hydrogen-bond acceptors (Lipinski definition) is 5. The number of halogens is 1. The van der Waals surface area contributed by atoms with Crippen LogP contribution in [0.2, 0.25) is 0 Å². The number of benzene rings is 1. The highest BCUT2D eigenvalue weighted by molar-refractivity contribution is 6.16. The first-order valence-corrected chi connectivity index (χ1v) is 17.9. The molecule has 0 saturated heterocycles. The van der Waals surface area contributed by atoms with E-state index in [1.54, 1.807) is 19.9 Å². The van der Waals surface area contributed by atoms with E-state index in [1.165, 1.54) is 43.9 Å². The Morgan fingerprint density at radius 2 is 1.53 bits per heavy atom. The average Bonchev–Trinajstić information content (AvgIpc) is 3.44. The molecule has 0 aliphatic heterocycles. The highest BCUT2D eigenvalue weighted by Crippen LogP contribution is 2.37. The van der Waals surface area contributed by atoms with Gasteiger partial charge in [-0.2, -0.15) is 0 Å². The molecule has 1 heterocycles. The van der Waals surface area contributed by atoms with Crippen LogP contribution in [0.5, 0.6) is 0 Å². The Bertz CT molecular complexity index is 1430. The van der Waals surface area contributed by atoms with E-state index < -0.39 is 0 Å². The number of allylic oxidation sites excluding steroid dienone is 3. The number of carbonyl (C=O) groups is 2. The van der Waals surface area contributed by atoms with Crippen molar-refractivity contribution in [1.29, 1.82) is 10.8 Å². The van der Waals surface area contributed by atoms with Crippen LogP contribution in [0.15, 0.2) is 41.5 Å². The second-order valence-corrected chi connectivity index (χ2v) is 14.9. The van der Waals surface area contributed by atoms with Crippen LogP contribution < -0.4 is 0 Å². The van der Waals surface area contributed by atoms with Crippen molar-refractivity contribution in [3.05, 3.63) is 69.7 Å². The molecular weight excluding hydrogens is 609 g/mol. The normalized spacial score (nSPS) is 12.0. The highest BCUT2D eigenvalue weighted by atomic mass is 19.1. The summed E-state index contributed by atoms with van der Waals surface area (Å²) in [7, 11) is 0. The lowest BCUT2D eigenvalue weighted by Gasteiger charge is -2.24. The van der Waals surface area contributed by atoms with Crippen molar-refractivity contribution < 1.29 is 14.0 Å². The van der Waals surface area contributed by atoms with Crippen molar-refractivity contribution in [2.24, 2.45) is 11.3 Å². The minimum absolute atomic E-state index is 0.0798. The number of hydrogen-bond donors (Lipinski definition) is 2. The molecule has 1 aromatic carbocycles. The van der Waals surface area contributed by atoms with E-state index in [0.717, 1.165) is 34.0 Å². The van der Waals surface area contributed by atoms with Gasteiger partial charge in [0.25, 0.3) is 0 Å². The summed E-state index contributed by atoms with van der Waals surface area (Å²) in [6, 6.07) is 7.26. The average molecular weight is 678 g/mol. The van der Waals surface area contributed by atoms with Gasteiger partial charge in [-0.05, 0) is 84.9 Å². The van der Waals surface area contributed by atoms with E-state index in [-0.39, 0.29) is 34.0 Å². The van der Waals surface area contributed by atoms with Crippen molar-refractivity contribution in [2.45, 2.75) is 148 Å². The maximum absolute atomic E-state index is 14.0. The van der Waals surface area contributed by atoms with Crippen LogP contribution in [-0.4, -0.2) is 28.5 Å². The summed E-state index contributed by atoms with van der Waals surface area (Å²) >= 11 is 0. The molecule has 274 valence electrons. The molecule has 0 saturated carbocycles.